The zero-order valence-corrected chi connectivity index (χ0v) is 12.5. The maximum Gasteiger partial charge on any atom is 0.126 e. The Hall–Kier alpha value is -1.58. The van der Waals surface area contributed by atoms with Gasteiger partial charge in [-0.3, -0.25) is 0 Å². The lowest BCUT2D eigenvalue weighted by molar-refractivity contribution is 0.415. The quantitative estimate of drug-likeness (QED) is 0.900. The van der Waals surface area contributed by atoms with Gasteiger partial charge < -0.3 is 10.1 Å². The number of benzene rings is 2. The largest absolute Gasteiger partial charge is 0.496 e. The summed E-state index contributed by atoms with van der Waals surface area (Å²) < 4.78 is 18.8. The number of rotatable bonds is 4. The first-order valence-corrected chi connectivity index (χ1v) is 6.75. The van der Waals surface area contributed by atoms with Crippen LogP contribution in [0.5, 0.6) is 5.75 Å². The zero-order chi connectivity index (χ0) is 14.7. The molecular weight excluding hydrogens is 277 g/mol. The normalized spacial score (nSPS) is 12.2. The van der Waals surface area contributed by atoms with Crippen molar-refractivity contribution in [3.05, 3.63) is 52.8 Å². The molecule has 0 aliphatic carbocycles. The minimum Gasteiger partial charge on any atom is -0.496 e. The molecule has 2 rings (SSSR count). The Labute approximate surface area is 123 Å². The smallest absolute Gasteiger partial charge is 0.126 e. The van der Waals surface area contributed by atoms with Crippen molar-refractivity contribution in [1.29, 1.82) is 0 Å². The summed E-state index contributed by atoms with van der Waals surface area (Å²) in [5, 5.41) is 3.74. The van der Waals surface area contributed by atoms with Crippen LogP contribution in [0.25, 0.3) is 11.1 Å². The summed E-state index contributed by atoms with van der Waals surface area (Å²) in [6, 6.07) is 10.3. The highest BCUT2D eigenvalue weighted by Gasteiger charge is 2.13. The van der Waals surface area contributed by atoms with E-state index in [1.54, 1.807) is 13.2 Å². The van der Waals surface area contributed by atoms with Crippen LogP contribution in [0.1, 0.15) is 18.5 Å². The molecule has 0 amide bonds. The van der Waals surface area contributed by atoms with Crippen LogP contribution in [0.15, 0.2) is 36.4 Å². The molecule has 0 radical (unpaired) electrons. The topological polar surface area (TPSA) is 21.3 Å². The molecule has 0 aliphatic rings. The van der Waals surface area contributed by atoms with Gasteiger partial charge >= 0.3 is 0 Å². The van der Waals surface area contributed by atoms with Crippen molar-refractivity contribution in [3.63, 3.8) is 0 Å². The third kappa shape index (κ3) is 2.94. The molecule has 0 bridgehead atoms. The Morgan fingerprint density at radius 3 is 2.55 bits per heavy atom. The summed E-state index contributed by atoms with van der Waals surface area (Å²) in [6.45, 7) is 2.05. The first-order valence-electron chi connectivity index (χ1n) is 6.37. The minimum absolute atomic E-state index is 0.186. The summed E-state index contributed by atoms with van der Waals surface area (Å²) in [7, 11) is 3.45. The van der Waals surface area contributed by atoms with Gasteiger partial charge in [-0.25, -0.2) is 4.39 Å². The highest BCUT2D eigenvalue weighted by molar-refractivity contribution is 6.33. The van der Waals surface area contributed by atoms with Crippen LogP contribution in [-0.2, 0) is 0 Å². The van der Waals surface area contributed by atoms with E-state index < -0.39 is 0 Å². The summed E-state index contributed by atoms with van der Waals surface area (Å²) in [5.74, 6) is 0.284. The van der Waals surface area contributed by atoms with E-state index in [0.29, 0.717) is 16.3 Å². The van der Waals surface area contributed by atoms with Crippen LogP contribution in [0, 0.1) is 5.82 Å². The number of hydrogen-bond donors (Lipinski definition) is 1. The van der Waals surface area contributed by atoms with E-state index in [2.05, 4.69) is 12.2 Å². The second-order valence-electron chi connectivity index (χ2n) is 4.59. The lowest BCUT2D eigenvalue weighted by Gasteiger charge is -2.15. The van der Waals surface area contributed by atoms with E-state index in [-0.39, 0.29) is 11.9 Å². The second-order valence-corrected chi connectivity index (χ2v) is 5.00. The van der Waals surface area contributed by atoms with Crippen LogP contribution in [0.4, 0.5) is 4.39 Å². The van der Waals surface area contributed by atoms with E-state index in [4.69, 9.17) is 16.3 Å². The van der Waals surface area contributed by atoms with Crippen LogP contribution >= 0.6 is 11.6 Å². The fraction of sp³-hybridized carbons (Fsp3) is 0.250. The predicted molar refractivity (Wildman–Crippen MR) is 80.9 cm³/mol. The van der Waals surface area contributed by atoms with Gasteiger partial charge in [-0.2, -0.15) is 0 Å². The van der Waals surface area contributed by atoms with Crippen molar-refractivity contribution >= 4 is 11.6 Å². The number of halogens is 2. The number of hydrogen-bond acceptors (Lipinski definition) is 2. The molecule has 106 valence electrons. The summed E-state index contributed by atoms with van der Waals surface area (Å²) >= 11 is 6.26. The van der Waals surface area contributed by atoms with Crippen LogP contribution in [0.3, 0.4) is 0 Å². The standard InChI is InChI=1S/C16H17ClFNO/c1-10(19-2)11-4-6-15(17)13(8-11)14-9-12(18)5-7-16(14)20-3/h4-10,19H,1-3H3. The predicted octanol–water partition coefficient (Wildman–Crippen LogP) is 4.44. The first-order chi connectivity index (χ1) is 9.56. The molecule has 1 N–H and O–H groups in total. The average Bonchev–Trinajstić information content (AvgIpc) is 2.47. The van der Waals surface area contributed by atoms with Gasteiger partial charge in [-0.05, 0) is 49.9 Å². The lowest BCUT2D eigenvalue weighted by Crippen LogP contribution is -2.12. The molecule has 0 saturated carbocycles. The Balaban J connectivity index is 2.59. The summed E-state index contributed by atoms with van der Waals surface area (Å²) in [6.07, 6.45) is 0. The molecule has 0 spiro atoms. The molecule has 4 heteroatoms. The van der Waals surface area contributed by atoms with Crippen LogP contribution in [0.2, 0.25) is 5.02 Å². The molecule has 0 fully saturated rings. The van der Waals surface area contributed by atoms with Crippen molar-refractivity contribution < 1.29 is 9.13 Å². The fourth-order valence-corrected chi connectivity index (χ4v) is 2.30. The number of ether oxygens (including phenoxy) is 1. The van der Waals surface area contributed by atoms with Gasteiger partial charge in [0.25, 0.3) is 0 Å². The summed E-state index contributed by atoms with van der Waals surface area (Å²) in [4.78, 5) is 0. The van der Waals surface area contributed by atoms with Gasteiger partial charge in [0.05, 0.1) is 7.11 Å². The lowest BCUT2D eigenvalue weighted by atomic mass is 9.99. The molecule has 1 unspecified atom stereocenters. The molecule has 0 aromatic heterocycles. The fourth-order valence-electron chi connectivity index (χ4n) is 2.08. The molecule has 0 saturated heterocycles. The monoisotopic (exact) mass is 293 g/mol. The molecule has 1 atom stereocenters. The third-order valence-corrected chi connectivity index (χ3v) is 3.70. The minimum atomic E-state index is -0.316. The van der Waals surface area contributed by atoms with E-state index in [1.165, 1.54) is 12.1 Å². The molecule has 0 aliphatic heterocycles. The molecular formula is C16H17ClFNO. The van der Waals surface area contributed by atoms with E-state index >= 15 is 0 Å². The highest BCUT2D eigenvalue weighted by Crippen LogP contribution is 2.36. The van der Waals surface area contributed by atoms with Crippen LogP contribution < -0.4 is 10.1 Å². The number of nitrogens with one attached hydrogen (secondary N) is 1. The molecule has 2 nitrogen and oxygen atoms in total. The van der Waals surface area contributed by atoms with Crippen LogP contribution in [-0.4, -0.2) is 14.2 Å². The SMILES string of the molecule is CNC(C)c1ccc(Cl)c(-c2cc(F)ccc2OC)c1. The Kier molecular flexibility index (Phi) is 4.63. The zero-order valence-electron chi connectivity index (χ0n) is 11.7. The first kappa shape index (κ1) is 14.8. The van der Waals surface area contributed by atoms with Gasteiger partial charge in [-0.15, -0.1) is 0 Å². The van der Waals surface area contributed by atoms with Crippen molar-refractivity contribution in [3.8, 4) is 16.9 Å². The molecule has 0 heterocycles. The Morgan fingerprint density at radius 1 is 1.15 bits per heavy atom. The van der Waals surface area contributed by atoms with Crippen molar-refractivity contribution in [1.82, 2.24) is 5.32 Å². The van der Waals surface area contributed by atoms with E-state index in [0.717, 1.165) is 11.1 Å². The maximum absolute atomic E-state index is 13.5. The van der Waals surface area contributed by atoms with Crippen molar-refractivity contribution in [2.75, 3.05) is 14.2 Å². The van der Waals surface area contributed by atoms with E-state index in [9.17, 15) is 4.39 Å². The van der Waals surface area contributed by atoms with Gasteiger partial charge in [0.15, 0.2) is 0 Å². The second kappa shape index (κ2) is 6.25. The number of methoxy groups -OCH3 is 1. The van der Waals surface area contributed by atoms with Gasteiger partial charge in [0.2, 0.25) is 0 Å². The van der Waals surface area contributed by atoms with Gasteiger partial charge in [0, 0.05) is 22.2 Å². The summed E-state index contributed by atoms with van der Waals surface area (Å²) in [5.41, 5.74) is 2.50. The van der Waals surface area contributed by atoms with Gasteiger partial charge in [0.1, 0.15) is 11.6 Å². The molecule has 2 aromatic rings. The van der Waals surface area contributed by atoms with Crippen molar-refractivity contribution in [2.24, 2.45) is 0 Å². The molecule has 20 heavy (non-hydrogen) atoms. The molecule has 2 aromatic carbocycles. The third-order valence-electron chi connectivity index (χ3n) is 3.38. The Bertz CT molecular complexity index is 615. The van der Waals surface area contributed by atoms with E-state index in [1.807, 2.05) is 25.2 Å². The highest BCUT2D eigenvalue weighted by atomic mass is 35.5. The van der Waals surface area contributed by atoms with Gasteiger partial charge in [-0.1, -0.05) is 17.7 Å². The maximum atomic E-state index is 13.5. The Morgan fingerprint density at radius 2 is 1.90 bits per heavy atom. The van der Waals surface area contributed by atoms with Crippen molar-refractivity contribution in [2.45, 2.75) is 13.0 Å². The average molecular weight is 294 g/mol.